The molecule has 0 unspecified atom stereocenters. The molecule has 0 amide bonds. The third-order valence-corrected chi connectivity index (χ3v) is 3.65. The van der Waals surface area contributed by atoms with Crippen molar-refractivity contribution in [2.24, 2.45) is 0 Å². The van der Waals surface area contributed by atoms with E-state index < -0.39 is 5.60 Å². The molecule has 19 heavy (non-hydrogen) atoms. The van der Waals surface area contributed by atoms with E-state index in [-0.39, 0.29) is 0 Å². The summed E-state index contributed by atoms with van der Waals surface area (Å²) in [6.07, 6.45) is 6.67. The molecule has 2 heterocycles. The molecule has 0 atom stereocenters. The van der Waals surface area contributed by atoms with Crippen LogP contribution in [0.4, 0.5) is 0 Å². The van der Waals surface area contributed by atoms with E-state index in [1.54, 1.807) is 10.9 Å². The van der Waals surface area contributed by atoms with Crippen LogP contribution in [-0.2, 0) is 6.54 Å². The molecule has 3 rings (SSSR count). The van der Waals surface area contributed by atoms with E-state index >= 15 is 0 Å². The Kier molecular flexibility index (Phi) is 3.25. The first kappa shape index (κ1) is 12.2. The minimum absolute atomic E-state index is 0.436. The van der Waals surface area contributed by atoms with Crippen LogP contribution in [0.15, 0.2) is 24.4 Å². The van der Waals surface area contributed by atoms with Crippen LogP contribution in [0.2, 0.25) is 0 Å². The number of aliphatic hydroxyl groups is 1. The fraction of sp³-hybridized carbons (Fsp3) is 0.538. The van der Waals surface area contributed by atoms with Crippen LogP contribution < -0.4 is 0 Å². The standard InChI is InChI=1S/C13H17N5O/c19-13(7-3-1-4-8-13)10-18-12(15-16-17-18)11-6-2-5-9-14-11/h2,5-6,9,19H,1,3-4,7-8,10H2. The van der Waals surface area contributed by atoms with Gasteiger partial charge < -0.3 is 5.11 Å². The van der Waals surface area contributed by atoms with Crippen molar-refractivity contribution in [2.45, 2.75) is 44.2 Å². The number of aromatic nitrogens is 5. The molecule has 6 heteroatoms. The maximum atomic E-state index is 10.6. The second-order valence-electron chi connectivity index (χ2n) is 5.16. The predicted molar refractivity (Wildman–Crippen MR) is 69.1 cm³/mol. The largest absolute Gasteiger partial charge is 0.388 e. The van der Waals surface area contributed by atoms with Crippen LogP contribution in [0, 0.1) is 0 Å². The highest BCUT2D eigenvalue weighted by atomic mass is 16.3. The third kappa shape index (κ3) is 2.63. The SMILES string of the molecule is OC1(Cn2nnnc2-c2ccccn2)CCCCC1. The number of tetrazole rings is 1. The van der Waals surface area contributed by atoms with Crippen LogP contribution in [-0.4, -0.2) is 35.9 Å². The second kappa shape index (κ2) is 5.05. The monoisotopic (exact) mass is 259 g/mol. The predicted octanol–water partition coefficient (Wildman–Crippen LogP) is 1.43. The minimum Gasteiger partial charge on any atom is -0.388 e. The van der Waals surface area contributed by atoms with Gasteiger partial charge in [-0.2, -0.15) is 0 Å². The van der Waals surface area contributed by atoms with Gasteiger partial charge in [0.1, 0.15) is 5.69 Å². The molecule has 6 nitrogen and oxygen atoms in total. The van der Waals surface area contributed by atoms with E-state index in [0.717, 1.165) is 31.4 Å². The zero-order valence-corrected chi connectivity index (χ0v) is 10.7. The molecule has 2 aromatic rings. The number of rotatable bonds is 3. The van der Waals surface area contributed by atoms with Gasteiger partial charge in [-0.3, -0.25) is 4.98 Å². The van der Waals surface area contributed by atoms with Crippen molar-refractivity contribution in [3.05, 3.63) is 24.4 Å². The van der Waals surface area contributed by atoms with Gasteiger partial charge in [0.25, 0.3) is 0 Å². The fourth-order valence-corrected chi connectivity index (χ4v) is 2.64. The van der Waals surface area contributed by atoms with Crippen molar-refractivity contribution >= 4 is 0 Å². The maximum absolute atomic E-state index is 10.6. The smallest absolute Gasteiger partial charge is 0.200 e. The average Bonchev–Trinajstić information content (AvgIpc) is 2.88. The Labute approximate surface area is 111 Å². The molecule has 1 saturated carbocycles. The lowest BCUT2D eigenvalue weighted by atomic mass is 9.85. The first-order valence-electron chi connectivity index (χ1n) is 6.67. The summed E-state index contributed by atoms with van der Waals surface area (Å²) in [5.41, 5.74) is 0.0452. The molecule has 1 aliphatic carbocycles. The maximum Gasteiger partial charge on any atom is 0.200 e. The normalized spacial score (nSPS) is 18.4. The number of pyridine rings is 1. The summed E-state index contributed by atoms with van der Waals surface area (Å²) in [6, 6.07) is 5.62. The van der Waals surface area contributed by atoms with E-state index in [2.05, 4.69) is 20.5 Å². The van der Waals surface area contributed by atoms with E-state index in [4.69, 9.17) is 0 Å². The molecule has 2 aromatic heterocycles. The minimum atomic E-state index is -0.683. The van der Waals surface area contributed by atoms with Crippen LogP contribution in [0.25, 0.3) is 11.5 Å². The molecular weight excluding hydrogens is 242 g/mol. The second-order valence-corrected chi connectivity index (χ2v) is 5.16. The van der Waals surface area contributed by atoms with Gasteiger partial charge in [-0.1, -0.05) is 25.3 Å². The van der Waals surface area contributed by atoms with Gasteiger partial charge in [-0.15, -0.1) is 5.10 Å². The summed E-state index contributed by atoms with van der Waals surface area (Å²) in [6.45, 7) is 0.436. The van der Waals surface area contributed by atoms with Crippen LogP contribution >= 0.6 is 0 Å². The molecule has 0 aromatic carbocycles. The van der Waals surface area contributed by atoms with Crippen molar-refractivity contribution in [3.8, 4) is 11.5 Å². The lowest BCUT2D eigenvalue weighted by Crippen LogP contribution is -2.36. The molecular formula is C13H17N5O. The molecule has 1 fully saturated rings. The topological polar surface area (TPSA) is 76.7 Å². The first-order chi connectivity index (χ1) is 9.27. The highest BCUT2D eigenvalue weighted by Crippen LogP contribution is 2.30. The van der Waals surface area contributed by atoms with Crippen LogP contribution in [0.3, 0.4) is 0 Å². The summed E-state index contributed by atoms with van der Waals surface area (Å²) in [5.74, 6) is 0.611. The summed E-state index contributed by atoms with van der Waals surface area (Å²) in [4.78, 5) is 4.25. The third-order valence-electron chi connectivity index (χ3n) is 3.65. The van der Waals surface area contributed by atoms with Gasteiger partial charge in [0.2, 0.25) is 5.82 Å². The van der Waals surface area contributed by atoms with Crippen molar-refractivity contribution in [1.82, 2.24) is 25.2 Å². The van der Waals surface area contributed by atoms with E-state index in [1.165, 1.54) is 6.42 Å². The summed E-state index contributed by atoms with van der Waals surface area (Å²) < 4.78 is 1.66. The van der Waals surface area contributed by atoms with Gasteiger partial charge >= 0.3 is 0 Å². The summed E-state index contributed by atoms with van der Waals surface area (Å²) >= 11 is 0. The Morgan fingerprint density at radius 1 is 1.21 bits per heavy atom. The zero-order chi connectivity index (χ0) is 13.1. The summed E-state index contributed by atoms with van der Waals surface area (Å²) in [5, 5.41) is 22.3. The van der Waals surface area contributed by atoms with E-state index in [9.17, 15) is 5.11 Å². The Morgan fingerprint density at radius 3 is 2.79 bits per heavy atom. The lowest BCUT2D eigenvalue weighted by molar-refractivity contribution is -0.0143. The molecule has 1 aliphatic rings. The molecule has 1 N–H and O–H groups in total. The van der Waals surface area contributed by atoms with Crippen molar-refractivity contribution in [3.63, 3.8) is 0 Å². The van der Waals surface area contributed by atoms with Crippen molar-refractivity contribution in [1.29, 1.82) is 0 Å². The van der Waals surface area contributed by atoms with Crippen molar-refractivity contribution < 1.29 is 5.11 Å². The highest BCUT2D eigenvalue weighted by molar-refractivity contribution is 5.47. The van der Waals surface area contributed by atoms with Crippen LogP contribution in [0.1, 0.15) is 32.1 Å². The Hall–Kier alpha value is -1.82. The van der Waals surface area contributed by atoms with Gasteiger partial charge in [-0.05, 0) is 35.4 Å². The molecule has 100 valence electrons. The molecule has 0 saturated heterocycles. The van der Waals surface area contributed by atoms with E-state index in [0.29, 0.717) is 12.4 Å². The van der Waals surface area contributed by atoms with Crippen LogP contribution in [0.5, 0.6) is 0 Å². The summed E-state index contributed by atoms with van der Waals surface area (Å²) in [7, 11) is 0. The zero-order valence-electron chi connectivity index (χ0n) is 10.7. The Morgan fingerprint density at radius 2 is 2.05 bits per heavy atom. The average molecular weight is 259 g/mol. The highest BCUT2D eigenvalue weighted by Gasteiger charge is 2.31. The van der Waals surface area contributed by atoms with Gasteiger partial charge in [0.15, 0.2) is 0 Å². The Balaban J connectivity index is 1.84. The van der Waals surface area contributed by atoms with Gasteiger partial charge in [-0.25, -0.2) is 4.68 Å². The Bertz CT molecular complexity index is 533. The van der Waals surface area contributed by atoms with Gasteiger partial charge in [0.05, 0.1) is 12.1 Å². The van der Waals surface area contributed by atoms with Gasteiger partial charge in [0, 0.05) is 6.20 Å². The fourth-order valence-electron chi connectivity index (χ4n) is 2.64. The molecule has 0 bridgehead atoms. The lowest BCUT2D eigenvalue weighted by Gasteiger charge is -2.31. The first-order valence-corrected chi connectivity index (χ1v) is 6.67. The van der Waals surface area contributed by atoms with Crippen molar-refractivity contribution in [2.75, 3.05) is 0 Å². The molecule has 0 radical (unpaired) electrons. The number of hydrogen-bond acceptors (Lipinski definition) is 5. The quantitative estimate of drug-likeness (QED) is 0.902. The van der Waals surface area contributed by atoms with E-state index in [1.807, 2.05) is 18.2 Å². The number of hydrogen-bond donors (Lipinski definition) is 1. The number of nitrogens with zero attached hydrogens (tertiary/aromatic N) is 5. The molecule has 0 spiro atoms. The molecule has 0 aliphatic heterocycles.